The van der Waals surface area contributed by atoms with Gasteiger partial charge in [-0.1, -0.05) is 53.5 Å². The van der Waals surface area contributed by atoms with Crippen LogP contribution in [0.2, 0.25) is 5.02 Å². The first-order valence-corrected chi connectivity index (χ1v) is 11.0. The molecule has 0 aliphatic carbocycles. The Bertz CT molecular complexity index is 871. The quantitative estimate of drug-likeness (QED) is 0.534. The average Bonchev–Trinajstić information content (AvgIpc) is 2.71. The highest BCUT2D eigenvalue weighted by molar-refractivity contribution is 9.10. The highest BCUT2D eigenvalue weighted by atomic mass is 79.9. The van der Waals surface area contributed by atoms with Gasteiger partial charge in [-0.25, -0.2) is 0 Å². The molecule has 0 saturated heterocycles. The summed E-state index contributed by atoms with van der Waals surface area (Å²) in [5.41, 5.74) is 1.80. The molecule has 30 heavy (non-hydrogen) atoms. The Hall–Kier alpha value is -2.05. The lowest BCUT2D eigenvalue weighted by Gasteiger charge is -2.29. The molecule has 0 heterocycles. The molecular weight excluding hydrogens is 468 g/mol. The molecule has 0 fully saturated rings. The Morgan fingerprint density at radius 3 is 2.40 bits per heavy atom. The fourth-order valence-electron chi connectivity index (χ4n) is 2.76. The molecule has 0 aliphatic rings. The molecule has 162 valence electrons. The second kappa shape index (κ2) is 11.4. The van der Waals surface area contributed by atoms with Crippen molar-refractivity contribution in [3.8, 4) is 5.75 Å². The molecule has 2 rings (SSSR count). The minimum absolute atomic E-state index is 0.167. The van der Waals surface area contributed by atoms with E-state index in [0.717, 1.165) is 15.6 Å². The summed E-state index contributed by atoms with van der Waals surface area (Å²) >= 11 is 9.46. The molecule has 7 heteroatoms. The molecule has 0 unspecified atom stereocenters. The number of ether oxygens (including phenoxy) is 1. The molecule has 5 nitrogen and oxygen atoms in total. The van der Waals surface area contributed by atoms with E-state index >= 15 is 0 Å². The zero-order chi connectivity index (χ0) is 22.3. The molecule has 0 saturated carbocycles. The van der Waals surface area contributed by atoms with Gasteiger partial charge in [0.15, 0.2) is 6.61 Å². The lowest BCUT2D eigenvalue weighted by molar-refractivity contribution is -0.142. The number of hydrogen-bond donors (Lipinski definition) is 1. The van der Waals surface area contributed by atoms with Gasteiger partial charge >= 0.3 is 0 Å². The van der Waals surface area contributed by atoms with E-state index in [1.165, 1.54) is 0 Å². The van der Waals surface area contributed by atoms with E-state index in [0.29, 0.717) is 29.8 Å². The lowest BCUT2D eigenvalue weighted by atomic mass is 10.1. The van der Waals surface area contributed by atoms with Crippen molar-refractivity contribution >= 4 is 39.3 Å². The Morgan fingerprint density at radius 2 is 1.80 bits per heavy atom. The molecule has 2 aromatic carbocycles. The van der Waals surface area contributed by atoms with Gasteiger partial charge in [-0.05, 0) is 61.2 Å². The Morgan fingerprint density at radius 1 is 1.13 bits per heavy atom. The van der Waals surface area contributed by atoms with Crippen LogP contribution in [0.5, 0.6) is 5.75 Å². The third kappa shape index (κ3) is 7.33. The molecule has 0 spiro atoms. The fourth-order valence-corrected chi connectivity index (χ4v) is 3.14. The number of amides is 2. The maximum atomic E-state index is 13.0. The molecule has 1 N–H and O–H groups in total. The van der Waals surface area contributed by atoms with Crippen LogP contribution in [0.1, 0.15) is 31.9 Å². The van der Waals surface area contributed by atoms with Gasteiger partial charge in [0, 0.05) is 22.6 Å². The molecule has 2 aromatic rings. The predicted octanol–water partition coefficient (Wildman–Crippen LogP) is 4.98. The van der Waals surface area contributed by atoms with Gasteiger partial charge in [-0.3, -0.25) is 9.59 Å². The summed E-state index contributed by atoms with van der Waals surface area (Å²) in [6.07, 6.45) is 0. The topological polar surface area (TPSA) is 58.6 Å². The highest BCUT2D eigenvalue weighted by Gasteiger charge is 2.26. The van der Waals surface area contributed by atoms with Gasteiger partial charge < -0.3 is 15.0 Å². The van der Waals surface area contributed by atoms with Gasteiger partial charge in [-0.2, -0.15) is 0 Å². The number of hydrogen-bond acceptors (Lipinski definition) is 3. The number of benzene rings is 2. The number of carbonyl (C=O) groups excluding carboxylic acids is 2. The molecule has 0 radical (unpaired) electrons. The number of halogens is 2. The van der Waals surface area contributed by atoms with Crippen molar-refractivity contribution in [2.75, 3.05) is 13.2 Å². The Labute approximate surface area is 191 Å². The van der Waals surface area contributed by atoms with E-state index in [4.69, 9.17) is 16.3 Å². The van der Waals surface area contributed by atoms with Crippen molar-refractivity contribution < 1.29 is 14.3 Å². The van der Waals surface area contributed by atoms with Crippen molar-refractivity contribution in [3.63, 3.8) is 0 Å². The minimum Gasteiger partial charge on any atom is -0.484 e. The number of carbonyl (C=O) groups is 2. The van der Waals surface area contributed by atoms with Crippen molar-refractivity contribution in [3.05, 3.63) is 63.1 Å². The molecular formula is C23H28BrClN2O3. The van der Waals surface area contributed by atoms with E-state index in [1.54, 1.807) is 30.0 Å². The van der Waals surface area contributed by atoms with Crippen LogP contribution in [0.15, 0.2) is 46.9 Å². The van der Waals surface area contributed by atoms with Crippen LogP contribution < -0.4 is 10.1 Å². The van der Waals surface area contributed by atoms with Crippen LogP contribution in [-0.2, 0) is 16.1 Å². The van der Waals surface area contributed by atoms with E-state index in [2.05, 4.69) is 21.2 Å². The maximum Gasteiger partial charge on any atom is 0.261 e. The van der Waals surface area contributed by atoms with E-state index < -0.39 is 6.04 Å². The molecule has 0 aromatic heterocycles. The Balaban J connectivity index is 2.13. The van der Waals surface area contributed by atoms with Gasteiger partial charge in [0.1, 0.15) is 11.8 Å². The first-order chi connectivity index (χ1) is 14.2. The molecule has 1 atom stereocenters. The highest BCUT2D eigenvalue weighted by Crippen LogP contribution is 2.21. The number of nitrogens with one attached hydrogen (secondary N) is 1. The van der Waals surface area contributed by atoms with Crippen molar-refractivity contribution in [2.24, 2.45) is 5.92 Å². The molecule has 0 bridgehead atoms. The average molecular weight is 496 g/mol. The monoisotopic (exact) mass is 494 g/mol. The first-order valence-electron chi connectivity index (χ1n) is 9.88. The summed E-state index contributed by atoms with van der Waals surface area (Å²) in [5, 5.41) is 3.54. The van der Waals surface area contributed by atoms with Crippen LogP contribution in [0.25, 0.3) is 0 Å². The van der Waals surface area contributed by atoms with Gasteiger partial charge in [0.05, 0.1) is 0 Å². The zero-order valence-corrected chi connectivity index (χ0v) is 20.1. The smallest absolute Gasteiger partial charge is 0.261 e. The van der Waals surface area contributed by atoms with Crippen molar-refractivity contribution in [2.45, 2.75) is 40.3 Å². The molecule has 0 aliphatic heterocycles. The third-order valence-corrected chi connectivity index (χ3v) is 5.56. The largest absolute Gasteiger partial charge is 0.484 e. The van der Waals surface area contributed by atoms with Gasteiger partial charge in [-0.15, -0.1) is 0 Å². The van der Waals surface area contributed by atoms with E-state index in [1.807, 2.05) is 45.0 Å². The van der Waals surface area contributed by atoms with Crippen LogP contribution >= 0.6 is 27.5 Å². The summed E-state index contributed by atoms with van der Waals surface area (Å²) in [5.74, 6) is 0.438. The number of aryl methyl sites for hydroxylation is 1. The summed E-state index contributed by atoms with van der Waals surface area (Å²) in [4.78, 5) is 27.2. The normalized spacial score (nSPS) is 11.8. The van der Waals surface area contributed by atoms with Gasteiger partial charge in [0.2, 0.25) is 5.91 Å². The summed E-state index contributed by atoms with van der Waals surface area (Å²) in [6, 6.07) is 12.3. The Kier molecular flexibility index (Phi) is 9.18. The number of nitrogens with zero attached hydrogens (tertiary/aromatic N) is 1. The van der Waals surface area contributed by atoms with E-state index in [-0.39, 0.29) is 18.4 Å². The van der Waals surface area contributed by atoms with Crippen LogP contribution in [0, 0.1) is 12.8 Å². The van der Waals surface area contributed by atoms with Crippen LogP contribution in [0.3, 0.4) is 0 Å². The standard InChI is InChI=1S/C23H28BrClN2O3/c1-15(2)12-26-23(29)17(4)27(13-18-5-7-19(24)8-6-18)22(28)14-30-20-9-10-21(25)16(3)11-20/h5-11,15,17H,12-14H2,1-4H3,(H,26,29)/t17-/m1/s1. The second-order valence-electron chi connectivity index (χ2n) is 7.66. The first kappa shape index (κ1) is 24.2. The fraction of sp³-hybridized carbons (Fsp3) is 0.391. The maximum absolute atomic E-state index is 13.0. The SMILES string of the molecule is Cc1cc(OCC(=O)N(Cc2ccc(Br)cc2)[C@H](C)C(=O)NCC(C)C)ccc1Cl. The van der Waals surface area contributed by atoms with Gasteiger partial charge in [0.25, 0.3) is 5.91 Å². The third-order valence-electron chi connectivity index (χ3n) is 4.61. The predicted molar refractivity (Wildman–Crippen MR) is 124 cm³/mol. The summed E-state index contributed by atoms with van der Waals surface area (Å²) in [7, 11) is 0. The zero-order valence-electron chi connectivity index (χ0n) is 17.7. The van der Waals surface area contributed by atoms with Crippen molar-refractivity contribution in [1.82, 2.24) is 10.2 Å². The second-order valence-corrected chi connectivity index (χ2v) is 8.99. The number of rotatable bonds is 9. The minimum atomic E-state index is -0.629. The van der Waals surface area contributed by atoms with Crippen LogP contribution in [0.4, 0.5) is 0 Å². The summed E-state index contributed by atoms with van der Waals surface area (Å²) < 4.78 is 6.63. The van der Waals surface area contributed by atoms with Crippen LogP contribution in [-0.4, -0.2) is 35.9 Å². The summed E-state index contributed by atoms with van der Waals surface area (Å²) in [6.45, 7) is 8.36. The van der Waals surface area contributed by atoms with Crippen molar-refractivity contribution in [1.29, 1.82) is 0 Å². The van der Waals surface area contributed by atoms with E-state index in [9.17, 15) is 9.59 Å². The lowest BCUT2D eigenvalue weighted by Crippen LogP contribution is -2.49. The molecule has 2 amide bonds.